The number of nitrogens with zero attached hydrogens (tertiary/aromatic N) is 1. The Balaban J connectivity index is 2.38. The van der Waals surface area contributed by atoms with E-state index in [1.165, 1.54) is 10.7 Å². The first-order chi connectivity index (χ1) is 8.45. The summed E-state index contributed by atoms with van der Waals surface area (Å²) in [6, 6.07) is 0. The molecule has 0 bridgehead atoms. The number of piperidine rings is 1. The lowest BCUT2D eigenvalue weighted by Crippen LogP contribution is -2.39. The number of hydrogen-bond donors (Lipinski definition) is 1. The molecule has 1 aliphatic rings. The first-order valence-electron chi connectivity index (χ1n) is 6.65. The van der Waals surface area contributed by atoms with Crippen molar-refractivity contribution in [1.82, 2.24) is 4.31 Å². The van der Waals surface area contributed by atoms with Gasteiger partial charge in [0, 0.05) is 19.5 Å². The van der Waals surface area contributed by atoms with Gasteiger partial charge in [-0.25, -0.2) is 12.7 Å². The van der Waals surface area contributed by atoms with Crippen LogP contribution in [0.2, 0.25) is 0 Å². The van der Waals surface area contributed by atoms with E-state index in [1.807, 2.05) is 0 Å². The fourth-order valence-corrected chi connectivity index (χ4v) is 3.95. The Bertz CT molecular complexity index is 358. The molecule has 1 heterocycles. The Morgan fingerprint density at radius 3 is 2.44 bits per heavy atom. The SMILES string of the molecule is CCCC1CCN(S(=O)(=O)CCCC(=O)O)CC1. The Morgan fingerprint density at radius 1 is 1.33 bits per heavy atom. The molecule has 0 aliphatic carbocycles. The highest BCUT2D eigenvalue weighted by Crippen LogP contribution is 2.23. The zero-order chi connectivity index (χ0) is 13.6. The molecule has 0 aromatic heterocycles. The van der Waals surface area contributed by atoms with Gasteiger partial charge in [0.05, 0.1) is 5.75 Å². The van der Waals surface area contributed by atoms with Crippen LogP contribution in [0.25, 0.3) is 0 Å². The largest absolute Gasteiger partial charge is 0.481 e. The van der Waals surface area contributed by atoms with Gasteiger partial charge in [0.1, 0.15) is 0 Å². The van der Waals surface area contributed by atoms with Crippen molar-refractivity contribution in [2.24, 2.45) is 5.92 Å². The Hall–Kier alpha value is -0.620. The van der Waals surface area contributed by atoms with Gasteiger partial charge >= 0.3 is 5.97 Å². The average molecular weight is 277 g/mol. The van der Waals surface area contributed by atoms with Gasteiger partial charge in [-0.15, -0.1) is 0 Å². The number of aliphatic carboxylic acids is 1. The summed E-state index contributed by atoms with van der Waals surface area (Å²) < 4.78 is 25.5. The van der Waals surface area contributed by atoms with Crippen LogP contribution in [-0.4, -0.2) is 42.6 Å². The molecule has 0 saturated carbocycles. The Kier molecular flexibility index (Phi) is 6.08. The first-order valence-corrected chi connectivity index (χ1v) is 8.26. The van der Waals surface area contributed by atoms with Crippen LogP contribution < -0.4 is 0 Å². The van der Waals surface area contributed by atoms with E-state index >= 15 is 0 Å². The molecule has 1 rings (SSSR count). The molecule has 1 N–H and O–H groups in total. The third-order valence-electron chi connectivity index (χ3n) is 3.46. The van der Waals surface area contributed by atoms with Crippen LogP contribution in [0.15, 0.2) is 0 Å². The summed E-state index contributed by atoms with van der Waals surface area (Å²) in [4.78, 5) is 10.4. The predicted octanol–water partition coefficient (Wildman–Crippen LogP) is 1.69. The molecular weight excluding hydrogens is 254 g/mol. The standard InChI is InChI=1S/C12H23NO4S/c1-2-4-11-6-8-13(9-7-11)18(16,17)10-3-5-12(14)15/h11H,2-10H2,1H3,(H,14,15). The maximum Gasteiger partial charge on any atom is 0.303 e. The van der Waals surface area contributed by atoms with Crippen molar-refractivity contribution in [3.05, 3.63) is 0 Å². The van der Waals surface area contributed by atoms with Gasteiger partial charge in [-0.05, 0) is 25.2 Å². The Labute approximate surface area is 109 Å². The second kappa shape index (κ2) is 7.09. The van der Waals surface area contributed by atoms with E-state index in [4.69, 9.17) is 5.11 Å². The molecule has 0 aromatic carbocycles. The van der Waals surface area contributed by atoms with Crippen molar-refractivity contribution in [3.63, 3.8) is 0 Å². The fourth-order valence-electron chi connectivity index (χ4n) is 2.42. The minimum atomic E-state index is -3.25. The lowest BCUT2D eigenvalue weighted by Gasteiger charge is -2.31. The van der Waals surface area contributed by atoms with E-state index in [2.05, 4.69) is 6.92 Å². The zero-order valence-corrected chi connectivity index (χ0v) is 11.8. The van der Waals surface area contributed by atoms with E-state index in [0.29, 0.717) is 19.0 Å². The van der Waals surface area contributed by atoms with Crippen LogP contribution in [0.1, 0.15) is 45.4 Å². The summed E-state index contributed by atoms with van der Waals surface area (Å²) >= 11 is 0. The quantitative estimate of drug-likeness (QED) is 0.768. The Morgan fingerprint density at radius 2 is 1.94 bits per heavy atom. The lowest BCUT2D eigenvalue weighted by molar-refractivity contribution is -0.137. The number of sulfonamides is 1. The molecule has 0 atom stereocenters. The highest BCUT2D eigenvalue weighted by Gasteiger charge is 2.27. The van der Waals surface area contributed by atoms with Gasteiger partial charge in [-0.1, -0.05) is 19.8 Å². The molecule has 0 radical (unpaired) electrons. The predicted molar refractivity (Wildman–Crippen MR) is 69.9 cm³/mol. The summed E-state index contributed by atoms with van der Waals surface area (Å²) in [7, 11) is -3.25. The van der Waals surface area contributed by atoms with E-state index in [1.54, 1.807) is 0 Å². The summed E-state index contributed by atoms with van der Waals surface area (Å²) in [5, 5.41) is 8.51. The summed E-state index contributed by atoms with van der Waals surface area (Å²) in [6.45, 7) is 3.34. The number of hydrogen-bond acceptors (Lipinski definition) is 3. The summed E-state index contributed by atoms with van der Waals surface area (Å²) in [5.41, 5.74) is 0. The molecule has 0 spiro atoms. The van der Waals surface area contributed by atoms with Crippen LogP contribution in [-0.2, 0) is 14.8 Å². The molecule has 0 amide bonds. The first kappa shape index (κ1) is 15.4. The van der Waals surface area contributed by atoms with Gasteiger partial charge < -0.3 is 5.11 Å². The minimum Gasteiger partial charge on any atom is -0.481 e. The van der Waals surface area contributed by atoms with E-state index < -0.39 is 16.0 Å². The highest BCUT2D eigenvalue weighted by molar-refractivity contribution is 7.89. The van der Waals surface area contributed by atoms with Crippen LogP contribution in [0.5, 0.6) is 0 Å². The van der Waals surface area contributed by atoms with Crippen LogP contribution in [0, 0.1) is 5.92 Å². The van der Waals surface area contributed by atoms with Gasteiger partial charge in [0.25, 0.3) is 0 Å². The van der Waals surface area contributed by atoms with Crippen LogP contribution >= 0.6 is 0 Å². The molecular formula is C12H23NO4S. The summed E-state index contributed by atoms with van der Waals surface area (Å²) in [6.07, 6.45) is 4.32. The normalized spacial score (nSPS) is 18.9. The lowest BCUT2D eigenvalue weighted by atomic mass is 9.94. The second-order valence-corrected chi connectivity index (χ2v) is 7.03. The smallest absolute Gasteiger partial charge is 0.303 e. The molecule has 1 saturated heterocycles. The zero-order valence-electron chi connectivity index (χ0n) is 11.0. The van der Waals surface area contributed by atoms with Crippen molar-refractivity contribution in [2.45, 2.75) is 45.4 Å². The van der Waals surface area contributed by atoms with E-state index in [9.17, 15) is 13.2 Å². The van der Waals surface area contributed by atoms with Crippen LogP contribution in [0.3, 0.4) is 0 Å². The third-order valence-corrected chi connectivity index (χ3v) is 5.41. The van der Waals surface area contributed by atoms with Crippen LogP contribution in [0.4, 0.5) is 0 Å². The van der Waals surface area contributed by atoms with Gasteiger partial charge in [0.15, 0.2) is 0 Å². The van der Waals surface area contributed by atoms with Crippen molar-refractivity contribution < 1.29 is 18.3 Å². The number of carboxylic acids is 1. The van der Waals surface area contributed by atoms with Crippen molar-refractivity contribution >= 4 is 16.0 Å². The maximum atomic E-state index is 12.0. The molecule has 18 heavy (non-hydrogen) atoms. The number of rotatable bonds is 7. The van der Waals surface area contributed by atoms with Crippen molar-refractivity contribution in [3.8, 4) is 0 Å². The monoisotopic (exact) mass is 277 g/mol. The van der Waals surface area contributed by atoms with Gasteiger partial charge in [-0.3, -0.25) is 4.79 Å². The highest BCUT2D eigenvalue weighted by atomic mass is 32.2. The van der Waals surface area contributed by atoms with E-state index in [0.717, 1.165) is 19.3 Å². The van der Waals surface area contributed by atoms with Crippen molar-refractivity contribution in [2.75, 3.05) is 18.8 Å². The molecule has 6 heteroatoms. The van der Waals surface area contributed by atoms with Gasteiger partial charge in [-0.2, -0.15) is 0 Å². The van der Waals surface area contributed by atoms with Gasteiger partial charge in [0.2, 0.25) is 10.0 Å². The third kappa shape index (κ3) is 4.94. The molecule has 0 aromatic rings. The molecule has 1 aliphatic heterocycles. The topological polar surface area (TPSA) is 74.7 Å². The number of carbonyl (C=O) groups is 1. The number of carboxylic acid groups (broad SMARTS) is 1. The fraction of sp³-hybridized carbons (Fsp3) is 0.917. The second-order valence-electron chi connectivity index (χ2n) is 4.94. The minimum absolute atomic E-state index is 0.0439. The molecule has 106 valence electrons. The average Bonchev–Trinajstić information content (AvgIpc) is 2.29. The molecule has 5 nitrogen and oxygen atoms in total. The van der Waals surface area contributed by atoms with Crippen molar-refractivity contribution in [1.29, 1.82) is 0 Å². The van der Waals surface area contributed by atoms with E-state index in [-0.39, 0.29) is 18.6 Å². The summed E-state index contributed by atoms with van der Waals surface area (Å²) in [5.74, 6) is -0.329. The molecule has 1 fully saturated rings. The maximum absolute atomic E-state index is 12.0. The molecule has 0 unspecified atom stereocenters.